The number of benzene rings is 2. The van der Waals surface area contributed by atoms with Crippen LogP contribution in [0.15, 0.2) is 48.5 Å². The minimum Gasteiger partial charge on any atom is -0.481 e. The highest BCUT2D eigenvalue weighted by atomic mass is 16.5. The Bertz CT molecular complexity index is 914. The molecule has 0 spiro atoms. The number of aromatic nitrogens is 1. The number of pyridine rings is 1. The van der Waals surface area contributed by atoms with Crippen LogP contribution in [0.2, 0.25) is 0 Å². The third-order valence-corrected chi connectivity index (χ3v) is 3.99. The number of ether oxygens (including phenoxy) is 1. The maximum atomic E-state index is 12.6. The molecule has 1 heterocycles. The lowest BCUT2D eigenvalue weighted by atomic mass is 10.1. The lowest BCUT2D eigenvalue weighted by Gasteiger charge is -2.16. The second-order valence-corrected chi connectivity index (χ2v) is 6.40. The maximum Gasteiger partial charge on any atom is 0.265 e. The second kappa shape index (κ2) is 6.93. The van der Waals surface area contributed by atoms with Crippen molar-refractivity contribution in [3.8, 4) is 5.75 Å². The number of amides is 1. The van der Waals surface area contributed by atoms with Gasteiger partial charge in [0.15, 0.2) is 6.10 Å². The first-order chi connectivity index (χ1) is 11.9. The molecule has 0 saturated carbocycles. The van der Waals surface area contributed by atoms with Gasteiger partial charge >= 0.3 is 0 Å². The summed E-state index contributed by atoms with van der Waals surface area (Å²) in [5, 5.41) is 3.93. The van der Waals surface area contributed by atoms with Gasteiger partial charge in [0, 0.05) is 11.1 Å². The molecule has 0 bridgehead atoms. The zero-order valence-electron chi connectivity index (χ0n) is 15.0. The van der Waals surface area contributed by atoms with Crippen LogP contribution in [0.3, 0.4) is 0 Å². The summed E-state index contributed by atoms with van der Waals surface area (Å²) in [5.74, 6) is 0.502. The Morgan fingerprint density at radius 1 is 1.04 bits per heavy atom. The smallest absolute Gasteiger partial charge is 0.265 e. The number of hydrogen-bond acceptors (Lipinski definition) is 3. The van der Waals surface area contributed by atoms with E-state index in [1.54, 1.807) is 6.92 Å². The number of nitrogens with zero attached hydrogens (tertiary/aromatic N) is 1. The number of carbonyl (C=O) groups excluding carboxylic acids is 1. The van der Waals surface area contributed by atoms with E-state index in [0.29, 0.717) is 11.4 Å². The Morgan fingerprint density at radius 3 is 2.48 bits per heavy atom. The average Bonchev–Trinajstić information content (AvgIpc) is 2.54. The van der Waals surface area contributed by atoms with Gasteiger partial charge in [0.1, 0.15) is 5.75 Å². The van der Waals surface area contributed by atoms with Crippen LogP contribution in [0.1, 0.15) is 23.7 Å². The van der Waals surface area contributed by atoms with E-state index in [0.717, 1.165) is 27.7 Å². The first-order valence-corrected chi connectivity index (χ1v) is 8.34. The molecule has 0 fully saturated rings. The predicted molar refractivity (Wildman–Crippen MR) is 101 cm³/mol. The largest absolute Gasteiger partial charge is 0.481 e. The molecule has 0 aliphatic heterocycles. The van der Waals surface area contributed by atoms with Crippen LogP contribution in [0.25, 0.3) is 10.9 Å². The van der Waals surface area contributed by atoms with E-state index in [1.165, 1.54) is 0 Å². The first-order valence-electron chi connectivity index (χ1n) is 8.34. The molecule has 1 N–H and O–H groups in total. The van der Waals surface area contributed by atoms with Crippen LogP contribution in [-0.2, 0) is 4.79 Å². The number of hydrogen-bond donors (Lipinski definition) is 1. The molecule has 1 amide bonds. The normalized spacial score (nSPS) is 12.0. The fourth-order valence-electron chi connectivity index (χ4n) is 2.84. The zero-order chi connectivity index (χ0) is 18.0. The summed E-state index contributed by atoms with van der Waals surface area (Å²) in [6.07, 6.45) is -0.610. The minimum absolute atomic E-state index is 0.199. The highest BCUT2D eigenvalue weighted by molar-refractivity contribution is 6.01. The summed E-state index contributed by atoms with van der Waals surface area (Å²) in [4.78, 5) is 17.1. The topological polar surface area (TPSA) is 51.2 Å². The van der Waals surface area contributed by atoms with Crippen LogP contribution >= 0.6 is 0 Å². The quantitative estimate of drug-likeness (QED) is 0.760. The van der Waals surface area contributed by atoms with Gasteiger partial charge in [-0.2, -0.15) is 0 Å². The molecule has 2 aromatic carbocycles. The number of carbonyl (C=O) groups is 1. The summed E-state index contributed by atoms with van der Waals surface area (Å²) in [6.45, 7) is 7.70. The van der Waals surface area contributed by atoms with E-state index in [4.69, 9.17) is 4.74 Å². The Morgan fingerprint density at radius 2 is 1.76 bits per heavy atom. The molecule has 0 unspecified atom stereocenters. The van der Waals surface area contributed by atoms with E-state index < -0.39 is 6.10 Å². The third-order valence-electron chi connectivity index (χ3n) is 3.99. The number of fused-ring (bicyclic) bond motifs is 1. The van der Waals surface area contributed by atoms with Crippen molar-refractivity contribution < 1.29 is 9.53 Å². The Labute approximate surface area is 147 Å². The highest BCUT2D eigenvalue weighted by Crippen LogP contribution is 2.23. The predicted octanol–water partition coefficient (Wildman–Crippen LogP) is 4.57. The van der Waals surface area contributed by atoms with Gasteiger partial charge in [-0.05, 0) is 63.1 Å². The summed E-state index contributed by atoms with van der Waals surface area (Å²) >= 11 is 0. The van der Waals surface area contributed by atoms with E-state index in [9.17, 15) is 4.79 Å². The van der Waals surface area contributed by atoms with Gasteiger partial charge in [-0.1, -0.05) is 24.3 Å². The lowest BCUT2D eigenvalue weighted by molar-refractivity contribution is -0.122. The number of para-hydroxylation sites is 1. The first kappa shape index (κ1) is 17.0. The summed E-state index contributed by atoms with van der Waals surface area (Å²) in [7, 11) is 0. The Hall–Kier alpha value is -2.88. The minimum atomic E-state index is -0.610. The monoisotopic (exact) mass is 334 g/mol. The molecule has 25 heavy (non-hydrogen) atoms. The number of aryl methyl sites for hydroxylation is 3. The molecule has 0 aliphatic rings. The van der Waals surface area contributed by atoms with Crippen molar-refractivity contribution in [2.75, 3.05) is 5.32 Å². The van der Waals surface area contributed by atoms with E-state index >= 15 is 0 Å². The van der Waals surface area contributed by atoms with Crippen LogP contribution in [0.4, 0.5) is 5.69 Å². The van der Waals surface area contributed by atoms with Crippen molar-refractivity contribution in [3.05, 3.63) is 65.4 Å². The number of rotatable bonds is 4. The molecular formula is C21H22N2O2. The maximum absolute atomic E-state index is 12.6. The van der Waals surface area contributed by atoms with E-state index in [1.807, 2.05) is 63.2 Å². The van der Waals surface area contributed by atoms with Crippen molar-refractivity contribution in [3.63, 3.8) is 0 Å². The Kier molecular flexibility index (Phi) is 4.70. The summed E-state index contributed by atoms with van der Waals surface area (Å²) in [5.41, 5.74) is 4.61. The van der Waals surface area contributed by atoms with Gasteiger partial charge in [0.25, 0.3) is 5.91 Å². The van der Waals surface area contributed by atoms with Crippen LogP contribution in [-0.4, -0.2) is 17.0 Å². The standard InChI is InChI=1S/C21H22N2O2/c1-13-10-14(2)12-18(11-13)25-16(4)21(24)23-19-7-5-6-17-9-8-15(3)22-20(17)19/h5-12,16H,1-4H3,(H,23,24)/t16-/m1/s1. The Balaban J connectivity index is 1.79. The number of nitrogens with one attached hydrogen (secondary N) is 1. The lowest BCUT2D eigenvalue weighted by Crippen LogP contribution is -2.30. The molecular weight excluding hydrogens is 312 g/mol. The molecule has 3 rings (SSSR count). The van der Waals surface area contributed by atoms with Crippen molar-refractivity contribution in [1.29, 1.82) is 0 Å². The third kappa shape index (κ3) is 3.97. The molecule has 128 valence electrons. The van der Waals surface area contributed by atoms with Crippen LogP contribution < -0.4 is 10.1 Å². The molecule has 0 radical (unpaired) electrons. The molecule has 0 aliphatic carbocycles. The molecule has 0 saturated heterocycles. The fourth-order valence-corrected chi connectivity index (χ4v) is 2.84. The molecule has 3 aromatic rings. The van der Waals surface area contributed by atoms with Crippen molar-refractivity contribution in [1.82, 2.24) is 4.98 Å². The number of anilines is 1. The van der Waals surface area contributed by atoms with Crippen LogP contribution in [0, 0.1) is 20.8 Å². The average molecular weight is 334 g/mol. The van der Waals surface area contributed by atoms with Gasteiger partial charge in [-0.25, -0.2) is 0 Å². The van der Waals surface area contributed by atoms with E-state index in [-0.39, 0.29) is 5.91 Å². The fraction of sp³-hybridized carbons (Fsp3) is 0.238. The SMILES string of the molecule is Cc1cc(C)cc(O[C@H](C)C(=O)Nc2cccc3ccc(C)nc23)c1. The van der Waals surface area contributed by atoms with Gasteiger partial charge < -0.3 is 10.1 Å². The summed E-state index contributed by atoms with van der Waals surface area (Å²) < 4.78 is 5.81. The molecule has 4 nitrogen and oxygen atoms in total. The van der Waals surface area contributed by atoms with Gasteiger partial charge in [-0.3, -0.25) is 9.78 Å². The van der Waals surface area contributed by atoms with E-state index in [2.05, 4.69) is 16.4 Å². The van der Waals surface area contributed by atoms with Crippen molar-refractivity contribution >= 4 is 22.5 Å². The second-order valence-electron chi connectivity index (χ2n) is 6.40. The summed E-state index contributed by atoms with van der Waals surface area (Å²) in [6, 6.07) is 15.6. The zero-order valence-corrected chi connectivity index (χ0v) is 15.0. The van der Waals surface area contributed by atoms with Gasteiger partial charge in [-0.15, -0.1) is 0 Å². The van der Waals surface area contributed by atoms with Crippen LogP contribution in [0.5, 0.6) is 5.75 Å². The highest BCUT2D eigenvalue weighted by Gasteiger charge is 2.16. The molecule has 1 atom stereocenters. The molecule has 1 aromatic heterocycles. The van der Waals surface area contributed by atoms with Gasteiger partial charge in [0.2, 0.25) is 0 Å². The van der Waals surface area contributed by atoms with Crippen molar-refractivity contribution in [2.24, 2.45) is 0 Å². The van der Waals surface area contributed by atoms with Crippen molar-refractivity contribution in [2.45, 2.75) is 33.8 Å². The van der Waals surface area contributed by atoms with Gasteiger partial charge in [0.05, 0.1) is 11.2 Å². The molecule has 4 heteroatoms.